The van der Waals surface area contributed by atoms with E-state index < -0.39 is 30.3 Å². The van der Waals surface area contributed by atoms with Crippen molar-refractivity contribution in [1.29, 1.82) is 0 Å². The lowest BCUT2D eigenvalue weighted by Gasteiger charge is -2.54. The van der Waals surface area contributed by atoms with Gasteiger partial charge in [-0.1, -0.05) is 0 Å². The van der Waals surface area contributed by atoms with Crippen LogP contribution in [0.3, 0.4) is 0 Å². The average Bonchev–Trinajstić information content (AvgIpc) is 2.11. The first-order valence-corrected chi connectivity index (χ1v) is 5.06. The third-order valence-electron chi connectivity index (χ3n) is 3.35. The van der Waals surface area contributed by atoms with Gasteiger partial charge in [0.1, 0.15) is 6.10 Å². The number of hydrogen-bond donors (Lipinski definition) is 2. The topological polar surface area (TPSA) is 60.8 Å². The summed E-state index contributed by atoms with van der Waals surface area (Å²) in [6.45, 7) is 0.0206. The van der Waals surface area contributed by atoms with Crippen molar-refractivity contribution in [1.82, 2.24) is 4.90 Å². The zero-order valence-electron chi connectivity index (χ0n) is 8.31. The summed E-state index contributed by atoms with van der Waals surface area (Å²) in [5.41, 5.74) is 0. The summed E-state index contributed by atoms with van der Waals surface area (Å²) >= 11 is 0. The molecule has 2 rings (SSSR count). The van der Waals surface area contributed by atoms with Gasteiger partial charge in [0.25, 0.3) is 0 Å². The molecular weight excluding hydrogens is 227 g/mol. The van der Waals surface area contributed by atoms with Gasteiger partial charge in [-0.3, -0.25) is 4.79 Å². The third kappa shape index (κ3) is 1.67. The first-order chi connectivity index (χ1) is 7.32. The van der Waals surface area contributed by atoms with E-state index in [1.54, 1.807) is 0 Å². The molecule has 7 heteroatoms. The summed E-state index contributed by atoms with van der Waals surface area (Å²) in [7, 11) is 0. The molecule has 0 spiro atoms. The number of carbonyl (C=O) groups excluding carboxylic acids is 1. The molecular formula is C9H12F3NO3. The molecule has 2 aliphatic rings. The smallest absolute Gasteiger partial charge is 0.390 e. The van der Waals surface area contributed by atoms with Crippen molar-refractivity contribution in [2.45, 2.75) is 37.3 Å². The maximum Gasteiger partial charge on any atom is 0.471 e. The van der Waals surface area contributed by atoms with Crippen molar-refractivity contribution in [2.24, 2.45) is 5.92 Å². The van der Waals surface area contributed by atoms with Gasteiger partial charge in [0, 0.05) is 6.54 Å². The summed E-state index contributed by atoms with van der Waals surface area (Å²) in [6, 6.07) is -0.877. The predicted molar refractivity (Wildman–Crippen MR) is 46.3 cm³/mol. The van der Waals surface area contributed by atoms with Gasteiger partial charge in [0.05, 0.1) is 12.1 Å². The fraction of sp³-hybridized carbons (Fsp3) is 0.889. The van der Waals surface area contributed by atoms with E-state index in [0.717, 1.165) is 0 Å². The van der Waals surface area contributed by atoms with E-state index in [-0.39, 0.29) is 12.5 Å². The molecule has 1 saturated heterocycles. The molecule has 4 atom stereocenters. The Morgan fingerprint density at radius 3 is 2.44 bits per heavy atom. The van der Waals surface area contributed by atoms with Crippen molar-refractivity contribution in [3.63, 3.8) is 0 Å². The van der Waals surface area contributed by atoms with E-state index in [9.17, 15) is 28.2 Å². The Hall–Kier alpha value is -0.820. The van der Waals surface area contributed by atoms with E-state index in [1.807, 2.05) is 0 Å². The van der Waals surface area contributed by atoms with E-state index in [0.29, 0.717) is 17.7 Å². The fourth-order valence-corrected chi connectivity index (χ4v) is 2.49. The molecule has 0 aromatic carbocycles. The molecule has 16 heavy (non-hydrogen) atoms. The van der Waals surface area contributed by atoms with E-state index in [4.69, 9.17) is 0 Å². The highest BCUT2D eigenvalue weighted by Gasteiger charge is 2.56. The van der Waals surface area contributed by atoms with Gasteiger partial charge in [0.2, 0.25) is 0 Å². The SMILES string of the molecule is O=C(N1C[C@H]2CC[C@@H](O)[C@@H](O)[C@H]21)C(F)(F)F. The molecule has 1 amide bonds. The van der Waals surface area contributed by atoms with Crippen molar-refractivity contribution >= 4 is 5.91 Å². The highest BCUT2D eigenvalue weighted by atomic mass is 19.4. The lowest BCUT2D eigenvalue weighted by atomic mass is 9.73. The van der Waals surface area contributed by atoms with Gasteiger partial charge >= 0.3 is 12.1 Å². The molecule has 1 heterocycles. The zero-order chi connectivity index (χ0) is 12.1. The van der Waals surface area contributed by atoms with E-state index in [1.165, 1.54) is 0 Å². The Morgan fingerprint density at radius 1 is 1.25 bits per heavy atom. The Balaban J connectivity index is 2.08. The minimum absolute atomic E-state index is 0.0206. The van der Waals surface area contributed by atoms with Crippen LogP contribution in [0, 0.1) is 5.92 Å². The maximum atomic E-state index is 12.2. The van der Waals surface area contributed by atoms with Crippen LogP contribution in [-0.4, -0.2) is 52.0 Å². The third-order valence-corrected chi connectivity index (χ3v) is 3.35. The molecule has 1 saturated carbocycles. The number of likely N-dealkylation sites (tertiary alicyclic amines) is 1. The maximum absolute atomic E-state index is 12.2. The van der Waals surface area contributed by atoms with Crippen LogP contribution in [-0.2, 0) is 4.79 Å². The van der Waals surface area contributed by atoms with Crippen LogP contribution in [0.1, 0.15) is 12.8 Å². The van der Waals surface area contributed by atoms with Crippen LogP contribution in [0.25, 0.3) is 0 Å². The fourth-order valence-electron chi connectivity index (χ4n) is 2.49. The molecule has 4 nitrogen and oxygen atoms in total. The summed E-state index contributed by atoms with van der Waals surface area (Å²) in [6.07, 6.45) is -6.29. The molecule has 0 radical (unpaired) electrons. The number of carbonyl (C=O) groups is 1. The van der Waals surface area contributed by atoms with Gasteiger partial charge < -0.3 is 15.1 Å². The number of nitrogens with zero attached hydrogens (tertiary/aromatic N) is 1. The van der Waals surface area contributed by atoms with Crippen molar-refractivity contribution in [2.75, 3.05) is 6.54 Å². The molecule has 0 unspecified atom stereocenters. The van der Waals surface area contributed by atoms with Crippen LogP contribution in [0.15, 0.2) is 0 Å². The second-order valence-electron chi connectivity index (χ2n) is 4.34. The van der Waals surface area contributed by atoms with Crippen molar-refractivity contribution < 1.29 is 28.2 Å². The minimum atomic E-state index is -4.91. The predicted octanol–water partition coefficient (Wildman–Crippen LogP) is -0.109. The van der Waals surface area contributed by atoms with Gasteiger partial charge in [-0.2, -0.15) is 13.2 Å². The van der Waals surface area contributed by atoms with Crippen LogP contribution in [0.4, 0.5) is 13.2 Å². The number of fused-ring (bicyclic) bond motifs is 1. The Kier molecular flexibility index (Phi) is 2.62. The Labute approximate surface area is 89.7 Å². The number of halogens is 3. The first-order valence-electron chi connectivity index (χ1n) is 5.06. The average molecular weight is 239 g/mol. The zero-order valence-corrected chi connectivity index (χ0v) is 8.31. The standard InChI is InChI=1S/C9H12F3NO3/c10-9(11,12)8(16)13-3-4-1-2-5(14)7(15)6(4)13/h4-7,14-15H,1-3H2/t4-,5-,6+,7-/m1/s1. The highest BCUT2D eigenvalue weighted by Crippen LogP contribution is 2.39. The minimum Gasteiger partial charge on any atom is -0.390 e. The molecule has 1 aliphatic carbocycles. The molecule has 0 aromatic heterocycles. The molecule has 0 bridgehead atoms. The van der Waals surface area contributed by atoms with Crippen LogP contribution in [0.2, 0.25) is 0 Å². The lowest BCUT2D eigenvalue weighted by molar-refractivity contribution is -0.211. The number of rotatable bonds is 0. The second-order valence-corrected chi connectivity index (χ2v) is 4.34. The summed E-state index contributed by atoms with van der Waals surface area (Å²) < 4.78 is 36.5. The number of amides is 1. The summed E-state index contributed by atoms with van der Waals surface area (Å²) in [5.74, 6) is -2.05. The Bertz CT molecular complexity index is 307. The van der Waals surface area contributed by atoms with Crippen LogP contribution in [0.5, 0.6) is 0 Å². The van der Waals surface area contributed by atoms with Gasteiger partial charge in [-0.15, -0.1) is 0 Å². The second kappa shape index (κ2) is 3.59. The van der Waals surface area contributed by atoms with Crippen LogP contribution < -0.4 is 0 Å². The van der Waals surface area contributed by atoms with Gasteiger partial charge in [-0.25, -0.2) is 0 Å². The summed E-state index contributed by atoms with van der Waals surface area (Å²) in [5, 5.41) is 18.9. The molecule has 92 valence electrons. The van der Waals surface area contributed by atoms with Gasteiger partial charge in [0.15, 0.2) is 0 Å². The quantitative estimate of drug-likeness (QED) is 0.620. The summed E-state index contributed by atoms with van der Waals surface area (Å²) in [4.78, 5) is 11.6. The molecule has 1 aliphatic heterocycles. The number of aliphatic hydroxyl groups is 2. The molecule has 2 N–H and O–H groups in total. The number of aliphatic hydroxyl groups excluding tert-OH is 2. The highest BCUT2D eigenvalue weighted by molar-refractivity contribution is 5.83. The Morgan fingerprint density at radius 2 is 1.88 bits per heavy atom. The molecule has 2 fully saturated rings. The van der Waals surface area contributed by atoms with Crippen LogP contribution >= 0.6 is 0 Å². The van der Waals surface area contributed by atoms with Crippen molar-refractivity contribution in [3.05, 3.63) is 0 Å². The number of hydrogen-bond acceptors (Lipinski definition) is 3. The van der Waals surface area contributed by atoms with Gasteiger partial charge in [-0.05, 0) is 18.8 Å². The van der Waals surface area contributed by atoms with E-state index in [2.05, 4.69) is 0 Å². The molecule has 0 aromatic rings. The lowest BCUT2D eigenvalue weighted by Crippen LogP contribution is -2.69. The number of alkyl halides is 3. The normalized spacial score (nSPS) is 38.9. The van der Waals surface area contributed by atoms with Crippen molar-refractivity contribution in [3.8, 4) is 0 Å². The van der Waals surface area contributed by atoms with E-state index >= 15 is 0 Å². The first kappa shape index (κ1) is 11.7. The monoisotopic (exact) mass is 239 g/mol. The largest absolute Gasteiger partial charge is 0.471 e.